The molecule has 0 saturated carbocycles. The molecule has 0 radical (unpaired) electrons. The molecule has 0 aliphatic rings. The van der Waals surface area contributed by atoms with Gasteiger partial charge in [-0.1, -0.05) is 23.2 Å². The molecule has 10 heteroatoms. The van der Waals surface area contributed by atoms with E-state index >= 15 is 0 Å². The first kappa shape index (κ1) is 14.8. The number of rotatable bonds is 4. The van der Waals surface area contributed by atoms with E-state index in [2.05, 4.69) is 20.1 Å². The molecule has 0 aliphatic carbocycles. The van der Waals surface area contributed by atoms with Crippen molar-refractivity contribution in [1.29, 1.82) is 0 Å². The molecule has 0 spiro atoms. The zero-order valence-electron chi connectivity index (χ0n) is 9.84. The van der Waals surface area contributed by atoms with Crippen LogP contribution in [0.5, 0.6) is 0 Å². The number of halogens is 2. The Labute approximate surface area is 125 Å². The normalized spacial score (nSPS) is 11.2. The first-order chi connectivity index (χ1) is 9.42. The Hall–Kier alpha value is -1.61. The van der Waals surface area contributed by atoms with Gasteiger partial charge in [0.2, 0.25) is 0 Å². The first-order valence-electron chi connectivity index (χ1n) is 5.19. The Morgan fingerprint density at radius 1 is 1.15 bits per heavy atom. The van der Waals surface area contributed by atoms with Crippen molar-refractivity contribution < 1.29 is 8.42 Å². The van der Waals surface area contributed by atoms with Crippen molar-refractivity contribution in [2.24, 2.45) is 5.84 Å². The molecule has 0 atom stereocenters. The topological polar surface area (TPSA) is 110 Å². The molecule has 0 amide bonds. The number of nitrogens with one attached hydrogen (secondary N) is 2. The van der Waals surface area contributed by atoms with Crippen LogP contribution >= 0.6 is 23.2 Å². The van der Waals surface area contributed by atoms with E-state index in [0.29, 0.717) is 5.02 Å². The van der Waals surface area contributed by atoms with Gasteiger partial charge in [0.15, 0.2) is 5.82 Å². The summed E-state index contributed by atoms with van der Waals surface area (Å²) in [6.45, 7) is 0. The summed E-state index contributed by atoms with van der Waals surface area (Å²) in [5.41, 5.74) is 2.24. The summed E-state index contributed by atoms with van der Waals surface area (Å²) < 4.78 is 26.5. The van der Waals surface area contributed by atoms with Gasteiger partial charge in [-0.15, -0.1) is 0 Å². The highest BCUT2D eigenvalue weighted by atomic mass is 35.5. The maximum Gasteiger partial charge on any atom is 0.264 e. The lowest BCUT2D eigenvalue weighted by Gasteiger charge is -2.08. The quantitative estimate of drug-likeness (QED) is 0.582. The lowest BCUT2D eigenvalue weighted by Crippen LogP contribution is -2.15. The number of aromatic nitrogens is 2. The molecule has 0 aliphatic heterocycles. The van der Waals surface area contributed by atoms with E-state index in [1.54, 1.807) is 0 Å². The standard InChI is InChI=1S/C10H9Cl2N5O2S/c11-6-1-2-9(14-4-6)17-20(18,19)7-3-8(12)10(16-13)15-5-7/h1-5H,13H2,(H,14,17)(H,15,16). The first-order valence-corrected chi connectivity index (χ1v) is 7.43. The van der Waals surface area contributed by atoms with Crippen LogP contribution in [0.15, 0.2) is 35.5 Å². The van der Waals surface area contributed by atoms with Gasteiger partial charge in [-0.2, -0.15) is 0 Å². The van der Waals surface area contributed by atoms with Gasteiger partial charge in [-0.25, -0.2) is 24.2 Å². The Balaban J connectivity index is 2.30. The van der Waals surface area contributed by atoms with Crippen molar-refractivity contribution in [1.82, 2.24) is 9.97 Å². The van der Waals surface area contributed by atoms with Crippen LogP contribution in [0.4, 0.5) is 11.6 Å². The number of sulfonamides is 1. The number of hydrogen-bond acceptors (Lipinski definition) is 6. The zero-order valence-corrected chi connectivity index (χ0v) is 12.2. The lowest BCUT2D eigenvalue weighted by atomic mass is 10.5. The number of anilines is 2. The van der Waals surface area contributed by atoms with E-state index in [4.69, 9.17) is 29.0 Å². The molecule has 0 aromatic carbocycles. The van der Waals surface area contributed by atoms with E-state index in [1.807, 2.05) is 0 Å². The van der Waals surface area contributed by atoms with Crippen molar-refractivity contribution in [3.63, 3.8) is 0 Å². The van der Waals surface area contributed by atoms with E-state index in [9.17, 15) is 8.42 Å². The number of nitrogens with two attached hydrogens (primary N) is 1. The van der Waals surface area contributed by atoms with Crippen LogP contribution in [0.3, 0.4) is 0 Å². The van der Waals surface area contributed by atoms with E-state index in [1.165, 1.54) is 24.4 Å². The number of hydrazine groups is 1. The molecule has 7 nitrogen and oxygen atoms in total. The number of nitrogen functional groups attached to an aromatic ring is 1. The average Bonchev–Trinajstić information content (AvgIpc) is 2.41. The average molecular weight is 334 g/mol. The molecule has 2 heterocycles. The Morgan fingerprint density at radius 3 is 2.45 bits per heavy atom. The molecule has 2 aromatic heterocycles. The lowest BCUT2D eigenvalue weighted by molar-refractivity contribution is 0.600. The second-order valence-corrected chi connectivity index (χ2v) is 6.14. The maximum absolute atomic E-state index is 12.1. The van der Waals surface area contributed by atoms with Crippen molar-refractivity contribution in [2.75, 3.05) is 10.1 Å². The van der Waals surface area contributed by atoms with E-state index in [-0.39, 0.29) is 21.6 Å². The summed E-state index contributed by atoms with van der Waals surface area (Å²) in [6, 6.07) is 4.17. The van der Waals surface area contributed by atoms with Crippen LogP contribution in [0, 0.1) is 0 Å². The highest BCUT2D eigenvalue weighted by Crippen LogP contribution is 2.23. The van der Waals surface area contributed by atoms with Gasteiger partial charge >= 0.3 is 0 Å². The highest BCUT2D eigenvalue weighted by Gasteiger charge is 2.17. The molecule has 0 bridgehead atoms. The largest absolute Gasteiger partial charge is 0.307 e. The van der Waals surface area contributed by atoms with Gasteiger partial charge in [0.1, 0.15) is 10.7 Å². The summed E-state index contributed by atoms with van der Waals surface area (Å²) in [6.07, 6.45) is 2.45. The number of nitrogens with zero attached hydrogens (tertiary/aromatic N) is 2. The molecule has 106 valence electrons. The summed E-state index contributed by atoms with van der Waals surface area (Å²) in [4.78, 5) is 7.51. The molecule has 2 rings (SSSR count). The van der Waals surface area contributed by atoms with Crippen LogP contribution in [-0.4, -0.2) is 18.4 Å². The molecule has 2 aromatic rings. The molecule has 20 heavy (non-hydrogen) atoms. The Morgan fingerprint density at radius 2 is 1.90 bits per heavy atom. The van der Waals surface area contributed by atoms with Gasteiger partial charge in [-0.3, -0.25) is 4.72 Å². The highest BCUT2D eigenvalue weighted by molar-refractivity contribution is 7.92. The molecule has 0 fully saturated rings. The molecule has 0 saturated heterocycles. The van der Waals surface area contributed by atoms with Gasteiger partial charge in [0.25, 0.3) is 10.0 Å². The van der Waals surface area contributed by atoms with Crippen molar-refractivity contribution in [3.8, 4) is 0 Å². The minimum atomic E-state index is -3.84. The van der Waals surface area contributed by atoms with E-state index in [0.717, 1.165) is 6.20 Å². The zero-order chi connectivity index (χ0) is 14.8. The van der Waals surface area contributed by atoms with Crippen LogP contribution < -0.4 is 16.0 Å². The Bertz CT molecular complexity index is 721. The predicted molar refractivity (Wildman–Crippen MR) is 77.1 cm³/mol. The second-order valence-electron chi connectivity index (χ2n) is 3.61. The van der Waals surface area contributed by atoms with Crippen molar-refractivity contribution >= 4 is 44.9 Å². The monoisotopic (exact) mass is 333 g/mol. The maximum atomic E-state index is 12.1. The minimum absolute atomic E-state index is 0.0828. The number of hydrogen-bond donors (Lipinski definition) is 3. The molecular weight excluding hydrogens is 325 g/mol. The van der Waals surface area contributed by atoms with Crippen LogP contribution in [0.2, 0.25) is 10.0 Å². The fourth-order valence-electron chi connectivity index (χ4n) is 1.31. The van der Waals surface area contributed by atoms with Crippen LogP contribution in [-0.2, 0) is 10.0 Å². The third kappa shape index (κ3) is 3.28. The third-order valence-corrected chi connectivity index (χ3v) is 4.06. The van der Waals surface area contributed by atoms with Crippen LogP contribution in [0.25, 0.3) is 0 Å². The summed E-state index contributed by atoms with van der Waals surface area (Å²) in [7, 11) is -3.84. The summed E-state index contributed by atoms with van der Waals surface area (Å²) >= 11 is 11.5. The molecular formula is C10H9Cl2N5O2S. The Kier molecular flexibility index (Phi) is 4.29. The third-order valence-electron chi connectivity index (χ3n) is 2.23. The smallest absolute Gasteiger partial charge is 0.264 e. The van der Waals surface area contributed by atoms with E-state index < -0.39 is 10.0 Å². The molecule has 0 unspecified atom stereocenters. The van der Waals surface area contributed by atoms with Crippen LogP contribution in [0.1, 0.15) is 0 Å². The molecule has 4 N–H and O–H groups in total. The number of pyridine rings is 2. The van der Waals surface area contributed by atoms with Crippen molar-refractivity contribution in [2.45, 2.75) is 4.90 Å². The summed E-state index contributed by atoms with van der Waals surface area (Å²) in [5, 5.41) is 0.482. The van der Waals surface area contributed by atoms with Gasteiger partial charge in [-0.05, 0) is 18.2 Å². The predicted octanol–water partition coefficient (Wildman–Crippen LogP) is 1.87. The van der Waals surface area contributed by atoms with Gasteiger partial charge < -0.3 is 5.43 Å². The minimum Gasteiger partial charge on any atom is -0.307 e. The summed E-state index contributed by atoms with van der Waals surface area (Å²) in [5.74, 6) is 5.47. The van der Waals surface area contributed by atoms with Gasteiger partial charge in [0.05, 0.1) is 10.0 Å². The fourth-order valence-corrected chi connectivity index (χ4v) is 2.68. The van der Waals surface area contributed by atoms with Crippen molar-refractivity contribution in [3.05, 3.63) is 40.6 Å². The fraction of sp³-hybridized carbons (Fsp3) is 0. The SMILES string of the molecule is NNc1ncc(S(=O)(=O)Nc2ccc(Cl)cn2)cc1Cl. The van der Waals surface area contributed by atoms with Gasteiger partial charge in [0, 0.05) is 12.4 Å². The second kappa shape index (κ2) is 5.80.